The molecule has 0 aromatic heterocycles. The number of benzene rings is 1. The number of urea groups is 1. The average Bonchev–Trinajstić information content (AvgIpc) is 2.46. The number of rotatable bonds is 5. The molecule has 0 spiro atoms. The van der Waals surface area contributed by atoms with Crippen LogP contribution in [0.25, 0.3) is 0 Å². The molecule has 0 saturated carbocycles. The van der Waals surface area contributed by atoms with Crippen LogP contribution in [0.3, 0.4) is 0 Å². The molecule has 0 radical (unpaired) electrons. The largest absolute Gasteiger partial charge is 0.478 e. The van der Waals surface area contributed by atoms with E-state index in [0.717, 1.165) is 0 Å². The van der Waals surface area contributed by atoms with Crippen molar-refractivity contribution in [3.05, 3.63) is 29.8 Å². The third-order valence-electron chi connectivity index (χ3n) is 2.97. The zero-order chi connectivity index (χ0) is 16.0. The second kappa shape index (κ2) is 7.28. The van der Waals surface area contributed by atoms with E-state index < -0.39 is 5.97 Å². The van der Waals surface area contributed by atoms with Crippen molar-refractivity contribution in [2.45, 2.75) is 6.92 Å². The van der Waals surface area contributed by atoms with Crippen LogP contribution in [0, 0.1) is 5.92 Å². The second-order valence-corrected chi connectivity index (χ2v) is 4.71. The molecule has 7 nitrogen and oxygen atoms in total. The number of hydrogen-bond donors (Lipinski definition) is 3. The van der Waals surface area contributed by atoms with Gasteiger partial charge in [-0.3, -0.25) is 4.79 Å². The van der Waals surface area contributed by atoms with Crippen molar-refractivity contribution in [1.29, 1.82) is 0 Å². The monoisotopic (exact) mass is 293 g/mol. The highest BCUT2D eigenvalue weighted by atomic mass is 16.4. The molecule has 0 fully saturated rings. The van der Waals surface area contributed by atoms with E-state index in [0.29, 0.717) is 5.69 Å². The van der Waals surface area contributed by atoms with Gasteiger partial charge in [-0.2, -0.15) is 0 Å². The van der Waals surface area contributed by atoms with Crippen molar-refractivity contribution in [1.82, 2.24) is 10.2 Å². The minimum absolute atomic E-state index is 0.138. The predicted octanol–water partition coefficient (Wildman–Crippen LogP) is 1.23. The second-order valence-electron chi connectivity index (χ2n) is 4.71. The zero-order valence-corrected chi connectivity index (χ0v) is 12.2. The number of amides is 3. The third-order valence-corrected chi connectivity index (χ3v) is 2.97. The van der Waals surface area contributed by atoms with Crippen LogP contribution >= 0.6 is 0 Å². The maximum Gasteiger partial charge on any atom is 0.335 e. The fourth-order valence-electron chi connectivity index (χ4n) is 1.74. The first-order valence-corrected chi connectivity index (χ1v) is 6.42. The quantitative estimate of drug-likeness (QED) is 0.760. The number of anilines is 1. The van der Waals surface area contributed by atoms with E-state index >= 15 is 0 Å². The summed E-state index contributed by atoms with van der Waals surface area (Å²) in [6.45, 7) is 2.00. The van der Waals surface area contributed by atoms with Gasteiger partial charge < -0.3 is 20.6 Å². The Morgan fingerprint density at radius 1 is 1.24 bits per heavy atom. The summed E-state index contributed by atoms with van der Waals surface area (Å²) in [5.41, 5.74) is 0.638. The molecule has 0 bridgehead atoms. The molecule has 1 rings (SSSR count). The van der Waals surface area contributed by atoms with Gasteiger partial charge in [-0.05, 0) is 24.3 Å². The van der Waals surface area contributed by atoms with Crippen LogP contribution in [0.15, 0.2) is 24.3 Å². The molecule has 1 aromatic carbocycles. The Bertz CT molecular complexity index is 528. The first-order chi connectivity index (χ1) is 9.85. The van der Waals surface area contributed by atoms with E-state index in [9.17, 15) is 14.4 Å². The van der Waals surface area contributed by atoms with Crippen LogP contribution < -0.4 is 10.6 Å². The standard InChI is InChI=1S/C14H19N3O4/c1-9(12(18)15-2)8-17(3)14(21)16-11-6-4-10(5-7-11)13(19)20/h4-7,9H,8H2,1-3H3,(H,15,18)(H,16,21)(H,19,20). The number of aromatic carboxylic acids is 1. The summed E-state index contributed by atoms with van der Waals surface area (Å²) in [5.74, 6) is -1.48. The highest BCUT2D eigenvalue weighted by Gasteiger charge is 2.17. The number of carbonyl (C=O) groups excluding carboxylic acids is 2. The molecule has 7 heteroatoms. The van der Waals surface area contributed by atoms with E-state index in [-0.39, 0.29) is 30.0 Å². The number of carboxylic acid groups (broad SMARTS) is 1. The molecule has 0 saturated heterocycles. The van der Waals surface area contributed by atoms with Gasteiger partial charge in [-0.25, -0.2) is 9.59 Å². The summed E-state index contributed by atoms with van der Waals surface area (Å²) in [4.78, 5) is 35.5. The minimum Gasteiger partial charge on any atom is -0.478 e. The van der Waals surface area contributed by atoms with Gasteiger partial charge in [0.05, 0.1) is 11.5 Å². The Labute approximate surface area is 122 Å². The summed E-state index contributed by atoms with van der Waals surface area (Å²) < 4.78 is 0. The van der Waals surface area contributed by atoms with Gasteiger partial charge in [-0.1, -0.05) is 6.92 Å². The van der Waals surface area contributed by atoms with E-state index in [1.54, 1.807) is 21.0 Å². The van der Waals surface area contributed by atoms with Crippen LogP contribution in [0.2, 0.25) is 0 Å². The van der Waals surface area contributed by atoms with Crippen molar-refractivity contribution in [3.8, 4) is 0 Å². The lowest BCUT2D eigenvalue weighted by Crippen LogP contribution is -2.39. The molecule has 1 unspecified atom stereocenters. The topological polar surface area (TPSA) is 98.7 Å². The number of carbonyl (C=O) groups is 3. The van der Waals surface area contributed by atoms with E-state index in [4.69, 9.17) is 5.11 Å². The molecule has 3 amide bonds. The third kappa shape index (κ3) is 4.79. The van der Waals surface area contributed by atoms with Crippen molar-refractivity contribution < 1.29 is 19.5 Å². The summed E-state index contributed by atoms with van der Waals surface area (Å²) in [6, 6.07) is 5.47. The van der Waals surface area contributed by atoms with E-state index in [1.165, 1.54) is 29.2 Å². The Kier molecular flexibility index (Phi) is 5.71. The lowest BCUT2D eigenvalue weighted by Gasteiger charge is -2.21. The predicted molar refractivity (Wildman–Crippen MR) is 78.3 cm³/mol. The first kappa shape index (κ1) is 16.5. The number of carboxylic acids is 1. The SMILES string of the molecule is CNC(=O)C(C)CN(C)C(=O)Nc1ccc(C(=O)O)cc1. The van der Waals surface area contributed by atoms with Gasteiger partial charge >= 0.3 is 12.0 Å². The number of nitrogens with one attached hydrogen (secondary N) is 2. The van der Waals surface area contributed by atoms with Crippen molar-refractivity contribution in [2.24, 2.45) is 5.92 Å². The van der Waals surface area contributed by atoms with Gasteiger partial charge in [0, 0.05) is 26.3 Å². The first-order valence-electron chi connectivity index (χ1n) is 6.42. The molecule has 0 aliphatic carbocycles. The molecule has 114 valence electrons. The van der Waals surface area contributed by atoms with E-state index in [1.807, 2.05) is 0 Å². The normalized spacial score (nSPS) is 11.4. The van der Waals surface area contributed by atoms with Crippen molar-refractivity contribution in [3.63, 3.8) is 0 Å². The van der Waals surface area contributed by atoms with E-state index in [2.05, 4.69) is 10.6 Å². The van der Waals surface area contributed by atoms with Crippen LogP contribution in [-0.4, -0.2) is 48.6 Å². The maximum atomic E-state index is 11.9. The Balaban J connectivity index is 2.59. The van der Waals surface area contributed by atoms with Gasteiger partial charge in [0.2, 0.25) is 5.91 Å². The lowest BCUT2D eigenvalue weighted by atomic mass is 10.1. The average molecular weight is 293 g/mol. The summed E-state index contributed by atoms with van der Waals surface area (Å²) >= 11 is 0. The Hall–Kier alpha value is -2.57. The number of nitrogens with zero attached hydrogens (tertiary/aromatic N) is 1. The Morgan fingerprint density at radius 2 is 1.81 bits per heavy atom. The molecule has 1 atom stereocenters. The van der Waals surface area contributed by atoms with Gasteiger partial charge in [-0.15, -0.1) is 0 Å². The van der Waals surface area contributed by atoms with Crippen molar-refractivity contribution >= 4 is 23.6 Å². The summed E-state index contributed by atoms with van der Waals surface area (Å²) in [7, 11) is 3.13. The molecule has 21 heavy (non-hydrogen) atoms. The van der Waals surface area contributed by atoms with Crippen LogP contribution in [0.5, 0.6) is 0 Å². The fraction of sp³-hybridized carbons (Fsp3) is 0.357. The van der Waals surface area contributed by atoms with Gasteiger partial charge in [0.15, 0.2) is 0 Å². The molecule has 3 N–H and O–H groups in total. The highest BCUT2D eigenvalue weighted by Crippen LogP contribution is 2.10. The lowest BCUT2D eigenvalue weighted by molar-refractivity contribution is -0.124. The van der Waals surface area contributed by atoms with Crippen molar-refractivity contribution in [2.75, 3.05) is 26.0 Å². The van der Waals surface area contributed by atoms with Gasteiger partial charge in [0.25, 0.3) is 0 Å². The molecular weight excluding hydrogens is 274 g/mol. The summed E-state index contributed by atoms with van der Waals surface area (Å²) in [6.07, 6.45) is 0. The molecule has 0 heterocycles. The zero-order valence-electron chi connectivity index (χ0n) is 12.2. The van der Waals surface area contributed by atoms with Gasteiger partial charge in [0.1, 0.15) is 0 Å². The molecular formula is C14H19N3O4. The van der Waals surface area contributed by atoms with Crippen LogP contribution in [-0.2, 0) is 4.79 Å². The molecule has 0 aliphatic heterocycles. The Morgan fingerprint density at radius 3 is 2.29 bits per heavy atom. The molecule has 0 aliphatic rings. The maximum absolute atomic E-state index is 11.9. The highest BCUT2D eigenvalue weighted by molar-refractivity contribution is 5.91. The fourth-order valence-corrected chi connectivity index (χ4v) is 1.74. The number of hydrogen-bond acceptors (Lipinski definition) is 3. The molecule has 1 aromatic rings. The minimum atomic E-state index is -1.02. The smallest absolute Gasteiger partial charge is 0.335 e. The summed E-state index contributed by atoms with van der Waals surface area (Å²) in [5, 5.41) is 13.9. The van der Waals surface area contributed by atoms with Crippen LogP contribution in [0.1, 0.15) is 17.3 Å². The van der Waals surface area contributed by atoms with Crippen LogP contribution in [0.4, 0.5) is 10.5 Å².